The highest BCUT2D eigenvalue weighted by Crippen LogP contribution is 2.24. The summed E-state index contributed by atoms with van der Waals surface area (Å²) in [6, 6.07) is 20.4. The fourth-order valence-corrected chi connectivity index (χ4v) is 2.79. The van der Waals surface area contributed by atoms with Crippen molar-refractivity contribution in [1.82, 2.24) is 0 Å². The van der Waals surface area contributed by atoms with Gasteiger partial charge in [0.25, 0.3) is 0 Å². The Kier molecular flexibility index (Phi) is 7.82. The molecule has 0 saturated heterocycles. The van der Waals surface area contributed by atoms with E-state index in [1.807, 2.05) is 36.4 Å². The van der Waals surface area contributed by atoms with Crippen molar-refractivity contribution in [3.05, 3.63) is 71.8 Å². The van der Waals surface area contributed by atoms with E-state index in [9.17, 15) is 4.57 Å². The van der Waals surface area contributed by atoms with Crippen LogP contribution in [0.25, 0.3) is 0 Å². The normalized spacial score (nSPS) is 10.5. The molecule has 0 heterocycles. The quantitative estimate of drug-likeness (QED) is 0.460. The van der Waals surface area contributed by atoms with Crippen LogP contribution in [0.5, 0.6) is 0 Å². The van der Waals surface area contributed by atoms with E-state index >= 15 is 0 Å². The highest BCUT2D eigenvalue weighted by Gasteiger charge is 2.19. The van der Waals surface area contributed by atoms with Crippen molar-refractivity contribution in [2.24, 2.45) is 0 Å². The molecule has 22 heavy (non-hydrogen) atoms. The second-order valence-corrected chi connectivity index (χ2v) is 6.03. The molecule has 116 valence electrons. The average Bonchev–Trinajstić information content (AvgIpc) is 2.57. The lowest BCUT2D eigenvalue weighted by Crippen LogP contribution is -1.95. The number of aryl methyl sites for hydroxylation is 2. The zero-order valence-electron chi connectivity index (χ0n) is 12.7. The summed E-state index contributed by atoms with van der Waals surface area (Å²) in [5.74, 6) is 0. The number of benzene rings is 2. The first-order valence-corrected chi connectivity index (χ1v) is 8.75. The molecule has 0 bridgehead atoms. The van der Waals surface area contributed by atoms with Crippen LogP contribution in [0.15, 0.2) is 60.7 Å². The van der Waals surface area contributed by atoms with Crippen LogP contribution < -0.4 is 0 Å². The fraction of sp³-hybridized carbons (Fsp3) is 0.333. The molecule has 0 unspecified atom stereocenters. The minimum absolute atomic E-state index is 0.461. The molecule has 0 fully saturated rings. The molecule has 2 aromatic rings. The van der Waals surface area contributed by atoms with E-state index in [0.29, 0.717) is 13.2 Å². The third kappa shape index (κ3) is 6.95. The van der Waals surface area contributed by atoms with Gasteiger partial charge in [-0.3, -0.25) is 0 Å². The molecule has 0 amide bonds. The van der Waals surface area contributed by atoms with Gasteiger partial charge in [-0.15, -0.1) is 9.05 Å². The molecule has 0 radical (unpaired) electrons. The van der Waals surface area contributed by atoms with Gasteiger partial charge in [-0.25, -0.2) is 0 Å². The van der Waals surface area contributed by atoms with Gasteiger partial charge < -0.3 is 0 Å². The Morgan fingerprint density at radius 2 is 1.09 bits per heavy atom. The Balaban J connectivity index is 1.49. The van der Waals surface area contributed by atoms with E-state index in [1.54, 1.807) is 0 Å². The molecule has 0 aliphatic heterocycles. The zero-order chi connectivity index (χ0) is 15.5. The largest absolute Gasteiger partial charge is 0.697 e. The maximum absolute atomic E-state index is 11.6. The van der Waals surface area contributed by atoms with E-state index in [1.165, 1.54) is 11.1 Å². The topological polar surface area (TPSA) is 35.5 Å². The molecule has 0 spiro atoms. The van der Waals surface area contributed by atoms with Crippen molar-refractivity contribution in [2.45, 2.75) is 25.7 Å². The van der Waals surface area contributed by atoms with Crippen molar-refractivity contribution in [1.29, 1.82) is 0 Å². The van der Waals surface area contributed by atoms with Gasteiger partial charge in [0.1, 0.15) is 13.2 Å². The molecule has 2 aromatic carbocycles. The Hall–Kier alpha value is -1.54. The Morgan fingerprint density at radius 3 is 1.50 bits per heavy atom. The summed E-state index contributed by atoms with van der Waals surface area (Å²) in [6.45, 7) is 0.922. The number of hydrogen-bond donors (Lipinski definition) is 0. The third-order valence-corrected chi connectivity index (χ3v) is 4.09. The van der Waals surface area contributed by atoms with Crippen molar-refractivity contribution >= 4 is 8.25 Å². The van der Waals surface area contributed by atoms with E-state index in [-0.39, 0.29) is 0 Å². The van der Waals surface area contributed by atoms with E-state index < -0.39 is 8.25 Å². The summed E-state index contributed by atoms with van der Waals surface area (Å²) < 4.78 is 22.0. The molecule has 0 saturated carbocycles. The monoisotopic (exact) mass is 317 g/mol. The number of rotatable bonds is 10. The standard InChI is InChI=1S/C18H22O3P/c19-22(20-15-7-13-17-9-3-1-4-10-17)21-16-8-14-18-11-5-2-6-12-18/h1-6,9-12H,7-8,13-16H2/q+1. The maximum atomic E-state index is 11.6. The second-order valence-electron chi connectivity index (χ2n) is 5.07. The van der Waals surface area contributed by atoms with Gasteiger partial charge in [-0.05, 0) is 36.8 Å². The maximum Gasteiger partial charge on any atom is 0.697 e. The Bertz CT molecular complexity index is 493. The lowest BCUT2D eigenvalue weighted by atomic mass is 10.1. The molecular weight excluding hydrogens is 295 g/mol. The minimum Gasteiger partial charge on any atom is -0.119 e. The van der Waals surface area contributed by atoms with Gasteiger partial charge in [-0.2, -0.15) is 0 Å². The lowest BCUT2D eigenvalue weighted by molar-refractivity contribution is 0.222. The van der Waals surface area contributed by atoms with Gasteiger partial charge in [0.15, 0.2) is 0 Å². The molecule has 0 aliphatic carbocycles. The van der Waals surface area contributed by atoms with Crippen LogP contribution in [0.4, 0.5) is 0 Å². The molecule has 3 nitrogen and oxygen atoms in total. The van der Waals surface area contributed by atoms with E-state index in [0.717, 1.165) is 25.7 Å². The molecule has 0 aromatic heterocycles. The van der Waals surface area contributed by atoms with E-state index in [4.69, 9.17) is 9.05 Å². The molecular formula is C18H22O3P+. The highest BCUT2D eigenvalue weighted by molar-refractivity contribution is 7.33. The predicted octanol–water partition coefficient (Wildman–Crippen LogP) is 4.94. The summed E-state index contributed by atoms with van der Waals surface area (Å²) >= 11 is 0. The van der Waals surface area contributed by atoms with Crippen LogP contribution in [0, 0.1) is 0 Å². The first-order chi connectivity index (χ1) is 10.8. The average molecular weight is 317 g/mol. The molecule has 0 N–H and O–H groups in total. The molecule has 0 atom stereocenters. The fourth-order valence-electron chi connectivity index (χ4n) is 2.16. The summed E-state index contributed by atoms with van der Waals surface area (Å²) in [5.41, 5.74) is 2.54. The summed E-state index contributed by atoms with van der Waals surface area (Å²) in [6.07, 6.45) is 3.55. The summed E-state index contributed by atoms with van der Waals surface area (Å²) in [5, 5.41) is 0. The lowest BCUT2D eigenvalue weighted by Gasteiger charge is -1.98. The van der Waals surface area contributed by atoms with Gasteiger partial charge in [0, 0.05) is 4.57 Å². The summed E-state index contributed by atoms with van der Waals surface area (Å²) in [4.78, 5) is 0. The first-order valence-electron chi connectivity index (χ1n) is 7.65. The van der Waals surface area contributed by atoms with Crippen LogP contribution >= 0.6 is 8.25 Å². The van der Waals surface area contributed by atoms with Crippen molar-refractivity contribution in [3.63, 3.8) is 0 Å². The minimum atomic E-state index is -1.99. The van der Waals surface area contributed by atoms with E-state index in [2.05, 4.69) is 24.3 Å². The van der Waals surface area contributed by atoms with Gasteiger partial charge in [-0.1, -0.05) is 60.7 Å². The Morgan fingerprint density at radius 1 is 0.682 bits per heavy atom. The molecule has 4 heteroatoms. The van der Waals surface area contributed by atoms with Crippen LogP contribution in [-0.4, -0.2) is 13.2 Å². The zero-order valence-corrected chi connectivity index (χ0v) is 13.6. The van der Waals surface area contributed by atoms with Crippen molar-refractivity contribution in [3.8, 4) is 0 Å². The first kappa shape index (κ1) is 16.8. The van der Waals surface area contributed by atoms with Gasteiger partial charge in [0.2, 0.25) is 0 Å². The van der Waals surface area contributed by atoms with Gasteiger partial charge in [0.05, 0.1) is 0 Å². The van der Waals surface area contributed by atoms with Crippen molar-refractivity contribution < 1.29 is 13.6 Å². The number of hydrogen-bond acceptors (Lipinski definition) is 3. The molecule has 2 rings (SSSR count). The predicted molar refractivity (Wildman–Crippen MR) is 89.0 cm³/mol. The van der Waals surface area contributed by atoms with Crippen LogP contribution in [0.1, 0.15) is 24.0 Å². The van der Waals surface area contributed by atoms with Crippen LogP contribution in [0.2, 0.25) is 0 Å². The van der Waals surface area contributed by atoms with Crippen molar-refractivity contribution in [2.75, 3.05) is 13.2 Å². The van der Waals surface area contributed by atoms with Crippen LogP contribution in [-0.2, 0) is 26.5 Å². The smallest absolute Gasteiger partial charge is 0.119 e. The Labute approximate surface area is 133 Å². The third-order valence-electron chi connectivity index (χ3n) is 3.30. The summed E-state index contributed by atoms with van der Waals surface area (Å²) in [7, 11) is -1.99. The SMILES string of the molecule is O=[P+](OCCCc1ccccc1)OCCCc1ccccc1. The highest BCUT2D eigenvalue weighted by atomic mass is 31.1. The van der Waals surface area contributed by atoms with Crippen LogP contribution in [0.3, 0.4) is 0 Å². The van der Waals surface area contributed by atoms with Gasteiger partial charge >= 0.3 is 8.25 Å². The molecule has 0 aliphatic rings. The second kappa shape index (κ2) is 10.2.